The number of aromatic nitrogens is 2. The van der Waals surface area contributed by atoms with Gasteiger partial charge in [0.1, 0.15) is 0 Å². The van der Waals surface area contributed by atoms with Crippen molar-refractivity contribution in [3.63, 3.8) is 0 Å². The lowest BCUT2D eigenvalue weighted by atomic mass is 9.98. The minimum atomic E-state index is -0.104. The standard InChI is InChI=1S/C12H17N3O2/c1-2-17-11(16)10-5-3-8-15(9-10)12-13-6-4-7-14-12/h4,6-7,10H,2-3,5,8-9H2,1H3. The molecule has 1 aromatic heterocycles. The van der Waals surface area contributed by atoms with Crippen molar-refractivity contribution in [2.24, 2.45) is 5.92 Å². The first-order valence-electron chi connectivity index (χ1n) is 6.00. The maximum atomic E-state index is 11.7. The van der Waals surface area contributed by atoms with E-state index in [-0.39, 0.29) is 11.9 Å². The molecule has 2 heterocycles. The first-order valence-corrected chi connectivity index (χ1v) is 6.00. The summed E-state index contributed by atoms with van der Waals surface area (Å²) in [5.41, 5.74) is 0. The van der Waals surface area contributed by atoms with Crippen molar-refractivity contribution in [1.82, 2.24) is 9.97 Å². The van der Waals surface area contributed by atoms with Crippen LogP contribution in [-0.4, -0.2) is 35.6 Å². The van der Waals surface area contributed by atoms with Crippen molar-refractivity contribution in [1.29, 1.82) is 0 Å². The van der Waals surface area contributed by atoms with E-state index in [1.165, 1.54) is 0 Å². The van der Waals surface area contributed by atoms with Gasteiger partial charge in [0, 0.05) is 25.5 Å². The van der Waals surface area contributed by atoms with Gasteiger partial charge in [-0.25, -0.2) is 9.97 Å². The van der Waals surface area contributed by atoms with Crippen LogP contribution in [0.25, 0.3) is 0 Å². The van der Waals surface area contributed by atoms with Crippen LogP contribution in [0.2, 0.25) is 0 Å². The summed E-state index contributed by atoms with van der Waals surface area (Å²) in [6.07, 6.45) is 5.30. The van der Waals surface area contributed by atoms with E-state index in [4.69, 9.17) is 4.74 Å². The molecule has 1 aliphatic heterocycles. The second kappa shape index (κ2) is 5.61. The third kappa shape index (κ3) is 2.93. The molecule has 1 aromatic rings. The quantitative estimate of drug-likeness (QED) is 0.738. The molecule has 1 atom stereocenters. The smallest absolute Gasteiger partial charge is 0.310 e. The van der Waals surface area contributed by atoms with Gasteiger partial charge in [0.15, 0.2) is 0 Å². The average Bonchev–Trinajstić information content (AvgIpc) is 2.40. The second-order valence-corrected chi connectivity index (χ2v) is 4.09. The summed E-state index contributed by atoms with van der Waals surface area (Å²) >= 11 is 0. The Hall–Kier alpha value is -1.65. The van der Waals surface area contributed by atoms with E-state index in [0.717, 1.165) is 19.4 Å². The fourth-order valence-electron chi connectivity index (χ4n) is 2.07. The van der Waals surface area contributed by atoms with Crippen molar-refractivity contribution in [3.05, 3.63) is 18.5 Å². The zero-order valence-corrected chi connectivity index (χ0v) is 10.0. The van der Waals surface area contributed by atoms with Crippen molar-refractivity contribution in [2.45, 2.75) is 19.8 Å². The number of rotatable bonds is 3. The van der Waals surface area contributed by atoms with Crippen molar-refractivity contribution >= 4 is 11.9 Å². The van der Waals surface area contributed by atoms with Crippen LogP contribution in [0.1, 0.15) is 19.8 Å². The van der Waals surface area contributed by atoms with E-state index in [2.05, 4.69) is 9.97 Å². The molecule has 0 aromatic carbocycles. The molecule has 1 unspecified atom stereocenters. The Labute approximate surface area is 101 Å². The Morgan fingerprint density at radius 1 is 1.53 bits per heavy atom. The maximum Gasteiger partial charge on any atom is 0.310 e. The molecule has 92 valence electrons. The van der Waals surface area contributed by atoms with Crippen LogP contribution in [0.4, 0.5) is 5.95 Å². The van der Waals surface area contributed by atoms with Gasteiger partial charge in [-0.2, -0.15) is 0 Å². The zero-order valence-electron chi connectivity index (χ0n) is 10.0. The Balaban J connectivity index is 2.00. The molecule has 0 spiro atoms. The Morgan fingerprint density at radius 3 is 3.00 bits per heavy atom. The summed E-state index contributed by atoms with van der Waals surface area (Å²) < 4.78 is 5.06. The number of nitrogens with zero attached hydrogens (tertiary/aromatic N) is 3. The summed E-state index contributed by atoms with van der Waals surface area (Å²) in [5, 5.41) is 0. The van der Waals surface area contributed by atoms with E-state index in [9.17, 15) is 4.79 Å². The highest BCUT2D eigenvalue weighted by Crippen LogP contribution is 2.20. The molecule has 0 aliphatic carbocycles. The van der Waals surface area contributed by atoms with Gasteiger partial charge in [0.25, 0.3) is 0 Å². The van der Waals surface area contributed by atoms with Crippen molar-refractivity contribution < 1.29 is 9.53 Å². The van der Waals surface area contributed by atoms with E-state index in [0.29, 0.717) is 19.1 Å². The minimum Gasteiger partial charge on any atom is -0.466 e. The summed E-state index contributed by atoms with van der Waals surface area (Å²) in [7, 11) is 0. The molecular weight excluding hydrogens is 218 g/mol. The predicted molar refractivity (Wildman–Crippen MR) is 63.6 cm³/mol. The van der Waals surface area contributed by atoms with Gasteiger partial charge in [-0.05, 0) is 25.8 Å². The van der Waals surface area contributed by atoms with Gasteiger partial charge in [-0.3, -0.25) is 4.79 Å². The van der Waals surface area contributed by atoms with E-state index >= 15 is 0 Å². The summed E-state index contributed by atoms with van der Waals surface area (Å²) in [6, 6.07) is 1.79. The highest BCUT2D eigenvalue weighted by Gasteiger charge is 2.27. The normalized spacial score (nSPS) is 20.1. The lowest BCUT2D eigenvalue weighted by molar-refractivity contribution is -0.148. The molecule has 0 amide bonds. The number of anilines is 1. The molecule has 5 heteroatoms. The van der Waals surface area contributed by atoms with Crippen LogP contribution in [-0.2, 0) is 9.53 Å². The number of carbonyl (C=O) groups excluding carboxylic acids is 1. The van der Waals surface area contributed by atoms with Crippen LogP contribution in [0, 0.1) is 5.92 Å². The van der Waals surface area contributed by atoms with Gasteiger partial charge in [-0.15, -0.1) is 0 Å². The second-order valence-electron chi connectivity index (χ2n) is 4.09. The van der Waals surface area contributed by atoms with E-state index in [1.807, 2.05) is 11.8 Å². The van der Waals surface area contributed by atoms with Crippen molar-refractivity contribution in [3.8, 4) is 0 Å². The minimum absolute atomic E-state index is 0.0486. The predicted octanol–water partition coefficient (Wildman–Crippen LogP) is 1.26. The first-order chi connectivity index (χ1) is 8.31. The monoisotopic (exact) mass is 235 g/mol. The first kappa shape index (κ1) is 11.8. The van der Waals surface area contributed by atoms with Crippen LogP contribution in [0.15, 0.2) is 18.5 Å². The molecule has 0 saturated carbocycles. The molecule has 17 heavy (non-hydrogen) atoms. The fraction of sp³-hybridized carbons (Fsp3) is 0.583. The zero-order chi connectivity index (χ0) is 12.1. The maximum absolute atomic E-state index is 11.7. The highest BCUT2D eigenvalue weighted by atomic mass is 16.5. The Kier molecular flexibility index (Phi) is 3.90. The molecule has 1 aliphatic rings. The van der Waals surface area contributed by atoms with Crippen LogP contribution >= 0.6 is 0 Å². The Morgan fingerprint density at radius 2 is 2.29 bits per heavy atom. The van der Waals surface area contributed by atoms with Crippen LogP contribution < -0.4 is 4.90 Å². The molecule has 0 N–H and O–H groups in total. The van der Waals surface area contributed by atoms with Crippen LogP contribution in [0.3, 0.4) is 0 Å². The third-order valence-electron chi connectivity index (χ3n) is 2.88. The van der Waals surface area contributed by atoms with Crippen molar-refractivity contribution in [2.75, 3.05) is 24.6 Å². The van der Waals surface area contributed by atoms with Gasteiger partial charge in [-0.1, -0.05) is 0 Å². The summed E-state index contributed by atoms with van der Waals surface area (Å²) in [5.74, 6) is 0.544. The molecule has 0 radical (unpaired) electrons. The average molecular weight is 235 g/mol. The SMILES string of the molecule is CCOC(=O)C1CCCN(c2ncccn2)C1. The number of hydrogen-bond donors (Lipinski definition) is 0. The summed E-state index contributed by atoms with van der Waals surface area (Å²) in [4.78, 5) is 22.1. The van der Waals surface area contributed by atoms with Crippen LogP contribution in [0.5, 0.6) is 0 Å². The third-order valence-corrected chi connectivity index (χ3v) is 2.88. The number of carbonyl (C=O) groups is 1. The molecule has 0 bridgehead atoms. The largest absolute Gasteiger partial charge is 0.466 e. The van der Waals surface area contributed by atoms with Gasteiger partial charge in [0.2, 0.25) is 5.95 Å². The Bertz CT molecular complexity index is 369. The fourth-order valence-corrected chi connectivity index (χ4v) is 2.07. The number of piperidine rings is 1. The van der Waals surface area contributed by atoms with E-state index < -0.39 is 0 Å². The van der Waals surface area contributed by atoms with Gasteiger partial charge >= 0.3 is 5.97 Å². The highest BCUT2D eigenvalue weighted by molar-refractivity contribution is 5.73. The topological polar surface area (TPSA) is 55.3 Å². The van der Waals surface area contributed by atoms with Gasteiger partial charge < -0.3 is 9.64 Å². The number of hydrogen-bond acceptors (Lipinski definition) is 5. The molecule has 2 rings (SSSR count). The molecule has 5 nitrogen and oxygen atoms in total. The number of ether oxygens (including phenoxy) is 1. The molecule has 1 saturated heterocycles. The molecule has 1 fully saturated rings. The number of esters is 1. The van der Waals surface area contributed by atoms with E-state index in [1.54, 1.807) is 18.5 Å². The van der Waals surface area contributed by atoms with Gasteiger partial charge in [0.05, 0.1) is 12.5 Å². The molecular formula is C12H17N3O2. The lowest BCUT2D eigenvalue weighted by Gasteiger charge is -2.31. The lowest BCUT2D eigenvalue weighted by Crippen LogP contribution is -2.40. The summed E-state index contributed by atoms with van der Waals surface area (Å²) in [6.45, 7) is 3.83.